The summed E-state index contributed by atoms with van der Waals surface area (Å²) < 4.78 is 0. The van der Waals surface area contributed by atoms with Gasteiger partial charge in [-0.05, 0) is 26.1 Å². The summed E-state index contributed by atoms with van der Waals surface area (Å²) in [6, 6.07) is 0. The van der Waals surface area contributed by atoms with E-state index in [1.165, 1.54) is 7.11 Å². The standard InChI is InChI=1S/C15H19BN2O5/c1-14(7-23-22-3)13(20)11-12(17-14)9(19)4-10-15(11)5-8(15)6-18(10)16(2)21/h4,8,17,21H,5-7H2,1-3H3. The lowest BCUT2D eigenvalue weighted by Gasteiger charge is -2.30. The zero-order valence-electron chi connectivity index (χ0n) is 13.4. The lowest BCUT2D eigenvalue weighted by Crippen LogP contribution is -2.48. The molecule has 2 N–H and O–H groups in total. The summed E-state index contributed by atoms with van der Waals surface area (Å²) in [5.74, 6) is -0.0512. The third kappa shape index (κ3) is 1.71. The van der Waals surface area contributed by atoms with Crippen LogP contribution in [0.15, 0.2) is 23.0 Å². The zero-order valence-corrected chi connectivity index (χ0v) is 13.4. The Bertz CT molecular complexity index is 687. The van der Waals surface area contributed by atoms with Crippen LogP contribution in [-0.4, -0.2) is 54.3 Å². The highest BCUT2D eigenvalue weighted by atomic mass is 17.2. The monoisotopic (exact) mass is 318 g/mol. The van der Waals surface area contributed by atoms with Crippen LogP contribution < -0.4 is 5.32 Å². The van der Waals surface area contributed by atoms with Crippen LogP contribution in [0, 0.1) is 11.3 Å². The van der Waals surface area contributed by atoms with Crippen LogP contribution in [0.3, 0.4) is 0 Å². The molecule has 2 aliphatic heterocycles. The Morgan fingerprint density at radius 1 is 1.52 bits per heavy atom. The second-order valence-corrected chi connectivity index (χ2v) is 7.02. The van der Waals surface area contributed by atoms with Gasteiger partial charge in [0.25, 0.3) is 0 Å². The van der Waals surface area contributed by atoms with Crippen molar-refractivity contribution in [1.82, 2.24) is 10.1 Å². The molecule has 0 aromatic rings. The molecule has 0 amide bonds. The molecule has 1 saturated heterocycles. The van der Waals surface area contributed by atoms with Crippen molar-refractivity contribution in [3.63, 3.8) is 0 Å². The van der Waals surface area contributed by atoms with Crippen molar-refractivity contribution in [3.05, 3.63) is 23.0 Å². The van der Waals surface area contributed by atoms with Crippen molar-refractivity contribution in [2.75, 3.05) is 20.3 Å². The molecule has 0 aromatic carbocycles. The minimum atomic E-state index is -1.00. The Balaban J connectivity index is 1.74. The normalized spacial score (nSPS) is 37.3. The predicted molar refractivity (Wildman–Crippen MR) is 80.7 cm³/mol. The van der Waals surface area contributed by atoms with Gasteiger partial charge < -0.3 is 15.2 Å². The molecule has 122 valence electrons. The van der Waals surface area contributed by atoms with Gasteiger partial charge in [-0.2, -0.15) is 0 Å². The first-order valence-electron chi connectivity index (χ1n) is 7.80. The summed E-state index contributed by atoms with van der Waals surface area (Å²) in [4.78, 5) is 37.0. The largest absolute Gasteiger partial charge is 0.432 e. The SMILES string of the molecule is COOCC1(C)NC2=C(C1=O)C13CC1CN(B(C)O)C3=CC2=O. The van der Waals surface area contributed by atoms with Gasteiger partial charge in [-0.25, -0.2) is 9.78 Å². The number of carbonyl (C=O) groups is 2. The lowest BCUT2D eigenvalue weighted by atomic mass is 9.77. The van der Waals surface area contributed by atoms with Gasteiger partial charge >= 0.3 is 7.05 Å². The molecule has 2 heterocycles. The van der Waals surface area contributed by atoms with E-state index < -0.39 is 18.0 Å². The lowest BCUT2D eigenvalue weighted by molar-refractivity contribution is -0.279. The zero-order chi connectivity index (χ0) is 16.6. The van der Waals surface area contributed by atoms with Crippen LogP contribution in [0.5, 0.6) is 0 Å². The Hall–Kier alpha value is -1.64. The van der Waals surface area contributed by atoms with Gasteiger partial charge in [0.15, 0.2) is 5.78 Å². The average Bonchev–Trinajstić information content (AvgIpc) is 3.01. The van der Waals surface area contributed by atoms with Crippen LogP contribution in [-0.2, 0) is 19.4 Å². The summed E-state index contributed by atoms with van der Waals surface area (Å²) in [7, 11) is 0.710. The highest BCUT2D eigenvalue weighted by Crippen LogP contribution is 2.70. The highest BCUT2D eigenvalue weighted by Gasteiger charge is 2.71. The third-order valence-electron chi connectivity index (χ3n) is 5.54. The first-order valence-corrected chi connectivity index (χ1v) is 7.80. The summed E-state index contributed by atoms with van der Waals surface area (Å²) in [5, 5.41) is 13.0. The number of carbonyl (C=O) groups excluding carboxylic acids is 2. The van der Waals surface area contributed by atoms with Crippen molar-refractivity contribution < 1.29 is 24.4 Å². The fourth-order valence-corrected chi connectivity index (χ4v) is 4.33. The van der Waals surface area contributed by atoms with Gasteiger partial charge in [0, 0.05) is 29.3 Å². The second-order valence-electron chi connectivity index (χ2n) is 7.02. The van der Waals surface area contributed by atoms with E-state index in [0.717, 1.165) is 12.1 Å². The van der Waals surface area contributed by atoms with Gasteiger partial charge in [0.2, 0.25) is 5.78 Å². The number of hydrogen-bond acceptors (Lipinski definition) is 7. The topological polar surface area (TPSA) is 88.1 Å². The maximum Gasteiger partial charge on any atom is 0.409 e. The van der Waals surface area contributed by atoms with E-state index in [0.29, 0.717) is 17.8 Å². The van der Waals surface area contributed by atoms with E-state index >= 15 is 0 Å². The molecule has 1 saturated carbocycles. The molecule has 4 aliphatic rings. The van der Waals surface area contributed by atoms with E-state index in [-0.39, 0.29) is 24.1 Å². The van der Waals surface area contributed by atoms with Gasteiger partial charge in [-0.1, -0.05) is 0 Å². The number of nitrogens with zero attached hydrogens (tertiary/aromatic N) is 1. The van der Waals surface area contributed by atoms with Crippen molar-refractivity contribution >= 4 is 18.6 Å². The van der Waals surface area contributed by atoms with E-state index in [9.17, 15) is 14.6 Å². The maximum atomic E-state index is 13.0. The van der Waals surface area contributed by atoms with Crippen LogP contribution in [0.1, 0.15) is 13.3 Å². The summed E-state index contributed by atoms with van der Waals surface area (Å²) >= 11 is 0. The van der Waals surface area contributed by atoms with Crippen molar-refractivity contribution in [2.24, 2.45) is 11.3 Å². The Morgan fingerprint density at radius 2 is 2.26 bits per heavy atom. The molecular weight excluding hydrogens is 299 g/mol. The molecule has 7 nitrogen and oxygen atoms in total. The molecule has 23 heavy (non-hydrogen) atoms. The molecule has 0 radical (unpaired) electrons. The highest BCUT2D eigenvalue weighted by molar-refractivity contribution is 6.46. The average molecular weight is 318 g/mol. The maximum absolute atomic E-state index is 13.0. The molecule has 8 heteroatoms. The quantitative estimate of drug-likeness (QED) is 0.416. The van der Waals surface area contributed by atoms with Gasteiger partial charge in [-0.3, -0.25) is 9.59 Å². The minimum absolute atomic E-state index is 0.0266. The molecule has 4 rings (SSSR count). The number of hydrogen-bond donors (Lipinski definition) is 2. The van der Waals surface area contributed by atoms with E-state index in [1.54, 1.807) is 19.8 Å². The van der Waals surface area contributed by atoms with Crippen molar-refractivity contribution in [2.45, 2.75) is 25.7 Å². The molecule has 2 aliphatic carbocycles. The van der Waals surface area contributed by atoms with Gasteiger partial charge in [0.1, 0.15) is 12.1 Å². The molecule has 2 fully saturated rings. The number of nitrogens with one attached hydrogen (secondary N) is 1. The van der Waals surface area contributed by atoms with Crippen LogP contribution in [0.4, 0.5) is 0 Å². The summed E-state index contributed by atoms with van der Waals surface area (Å²) in [5.41, 5.74) is 0.328. The van der Waals surface area contributed by atoms with Gasteiger partial charge in [0.05, 0.1) is 12.8 Å². The van der Waals surface area contributed by atoms with Crippen molar-refractivity contribution in [1.29, 1.82) is 0 Å². The van der Waals surface area contributed by atoms with E-state index in [2.05, 4.69) is 10.2 Å². The van der Waals surface area contributed by atoms with Crippen LogP contribution in [0.25, 0.3) is 0 Å². The number of piperidine rings is 1. The molecule has 3 atom stereocenters. The fourth-order valence-electron chi connectivity index (χ4n) is 4.33. The molecule has 0 bridgehead atoms. The van der Waals surface area contributed by atoms with Crippen LogP contribution in [0.2, 0.25) is 6.82 Å². The molecule has 0 aromatic heterocycles. The number of Topliss-reactive ketones (excluding diaryl/α,β-unsaturated/α-hetero) is 1. The van der Waals surface area contributed by atoms with Crippen LogP contribution >= 0.6 is 0 Å². The fraction of sp³-hybridized carbons (Fsp3) is 0.600. The summed E-state index contributed by atoms with van der Waals surface area (Å²) in [6.07, 6.45) is 2.42. The van der Waals surface area contributed by atoms with E-state index in [4.69, 9.17) is 4.89 Å². The Kier molecular flexibility index (Phi) is 2.90. The van der Waals surface area contributed by atoms with Crippen molar-refractivity contribution in [3.8, 4) is 0 Å². The third-order valence-corrected chi connectivity index (χ3v) is 5.54. The number of rotatable bonds is 4. The summed E-state index contributed by atoms with van der Waals surface area (Å²) in [6.45, 7) is 4.10. The first kappa shape index (κ1) is 14.9. The molecule has 3 unspecified atom stereocenters. The second kappa shape index (κ2) is 4.46. The molecular formula is C15H19BN2O5. The molecule has 1 spiro atoms. The first-order chi connectivity index (χ1) is 10.8. The van der Waals surface area contributed by atoms with Gasteiger partial charge in [-0.15, -0.1) is 0 Å². The minimum Gasteiger partial charge on any atom is -0.432 e. The Morgan fingerprint density at radius 3 is 2.91 bits per heavy atom. The number of ketones is 2. The predicted octanol–water partition coefficient (Wildman–Crippen LogP) is -0.352. The smallest absolute Gasteiger partial charge is 0.409 e. The number of allylic oxidation sites excluding steroid dienone is 2. The van der Waals surface area contributed by atoms with E-state index in [1.807, 2.05) is 4.81 Å². The Labute approximate surface area is 134 Å².